The van der Waals surface area contributed by atoms with Crippen LogP contribution in [-0.4, -0.2) is 59.1 Å². The molecule has 3 aromatic heterocycles. The standard InChI is InChI=1S/C24H23F3N8O2S/c1-14-9-15(11-16(10-14)32-22-28-6-3-18(33-22)24(25,26)27)17-12-29-21(38-17)23(37)4-2-7-35(8-5-23)20(36)19-30-13-31-34-19/h3,6,9-13,37H,2,4-5,7-8H2,1H3,(H,28,32,33)(H,30,31,34)/t23-/m1/s1. The first kappa shape index (κ1) is 25.7. The molecule has 1 atom stereocenters. The Labute approximate surface area is 219 Å². The minimum Gasteiger partial charge on any atom is -0.383 e. The Morgan fingerprint density at radius 2 is 2.03 bits per heavy atom. The van der Waals surface area contributed by atoms with E-state index in [2.05, 4.69) is 35.5 Å². The van der Waals surface area contributed by atoms with E-state index >= 15 is 0 Å². The topological polar surface area (TPSA) is 133 Å². The van der Waals surface area contributed by atoms with Crippen LogP contribution in [0.3, 0.4) is 0 Å². The van der Waals surface area contributed by atoms with Crippen molar-refractivity contribution >= 4 is 28.9 Å². The molecule has 1 fully saturated rings. The molecule has 5 rings (SSSR count). The summed E-state index contributed by atoms with van der Waals surface area (Å²) in [5.74, 6) is -0.277. The van der Waals surface area contributed by atoms with Gasteiger partial charge in [-0.15, -0.1) is 11.3 Å². The van der Waals surface area contributed by atoms with Gasteiger partial charge in [0.15, 0.2) is 0 Å². The van der Waals surface area contributed by atoms with Crippen LogP contribution in [0.5, 0.6) is 0 Å². The van der Waals surface area contributed by atoms with Gasteiger partial charge in [0.25, 0.3) is 5.91 Å². The summed E-state index contributed by atoms with van der Waals surface area (Å²) in [5.41, 5.74) is -0.0724. The molecule has 0 unspecified atom stereocenters. The summed E-state index contributed by atoms with van der Waals surface area (Å²) in [6, 6.07) is 6.27. The molecule has 4 heterocycles. The normalized spacial score (nSPS) is 18.3. The lowest BCUT2D eigenvalue weighted by molar-refractivity contribution is -0.141. The van der Waals surface area contributed by atoms with E-state index in [9.17, 15) is 23.1 Å². The van der Waals surface area contributed by atoms with Crippen molar-refractivity contribution < 1.29 is 23.1 Å². The zero-order valence-electron chi connectivity index (χ0n) is 20.2. The van der Waals surface area contributed by atoms with Crippen molar-refractivity contribution in [3.63, 3.8) is 0 Å². The van der Waals surface area contributed by atoms with Gasteiger partial charge in [-0.1, -0.05) is 6.07 Å². The molecule has 1 aliphatic rings. The number of nitrogens with zero attached hydrogens (tertiary/aromatic N) is 6. The summed E-state index contributed by atoms with van der Waals surface area (Å²) in [7, 11) is 0. The van der Waals surface area contributed by atoms with Crippen LogP contribution in [0.1, 0.15) is 46.1 Å². The zero-order chi connectivity index (χ0) is 26.9. The summed E-state index contributed by atoms with van der Waals surface area (Å²) < 4.78 is 39.1. The third-order valence-corrected chi connectivity index (χ3v) is 7.43. The highest BCUT2D eigenvalue weighted by molar-refractivity contribution is 7.15. The lowest BCUT2D eigenvalue weighted by Crippen LogP contribution is -2.34. The minimum atomic E-state index is -4.57. The highest BCUT2D eigenvalue weighted by atomic mass is 32.1. The van der Waals surface area contributed by atoms with Crippen molar-refractivity contribution in [1.29, 1.82) is 0 Å². The van der Waals surface area contributed by atoms with Crippen molar-refractivity contribution in [3.8, 4) is 10.4 Å². The quantitative estimate of drug-likeness (QED) is 0.339. The molecule has 4 aromatic rings. The fourth-order valence-corrected chi connectivity index (χ4v) is 5.37. The van der Waals surface area contributed by atoms with E-state index in [1.54, 1.807) is 23.2 Å². The molecule has 0 aliphatic carbocycles. The average molecular weight is 545 g/mol. The van der Waals surface area contributed by atoms with Crippen molar-refractivity contribution in [1.82, 2.24) is 35.0 Å². The van der Waals surface area contributed by atoms with Gasteiger partial charge < -0.3 is 15.3 Å². The van der Waals surface area contributed by atoms with E-state index < -0.39 is 17.5 Å². The summed E-state index contributed by atoms with van der Waals surface area (Å²) in [4.78, 5) is 30.9. The lowest BCUT2D eigenvalue weighted by atomic mass is 9.96. The van der Waals surface area contributed by atoms with Crippen LogP contribution in [0.4, 0.5) is 24.8 Å². The van der Waals surface area contributed by atoms with Crippen LogP contribution in [0.15, 0.2) is 43.0 Å². The Morgan fingerprint density at radius 3 is 2.79 bits per heavy atom. The number of halogens is 3. The van der Waals surface area contributed by atoms with Crippen molar-refractivity contribution in [2.75, 3.05) is 18.4 Å². The number of benzene rings is 1. The molecule has 198 valence electrons. The number of carbonyl (C=O) groups is 1. The maximum atomic E-state index is 13.0. The number of carbonyl (C=O) groups excluding carboxylic acids is 1. The molecule has 0 bridgehead atoms. The molecule has 0 spiro atoms. The van der Waals surface area contributed by atoms with Crippen molar-refractivity contribution in [2.45, 2.75) is 38.0 Å². The number of thiazole rings is 1. The Kier molecular flexibility index (Phi) is 6.84. The predicted molar refractivity (Wildman–Crippen MR) is 133 cm³/mol. The van der Waals surface area contributed by atoms with Gasteiger partial charge in [-0.25, -0.2) is 19.9 Å². The van der Waals surface area contributed by atoms with Crippen LogP contribution in [-0.2, 0) is 11.8 Å². The molecule has 0 saturated carbocycles. The van der Waals surface area contributed by atoms with Gasteiger partial charge in [0.2, 0.25) is 11.8 Å². The number of alkyl halides is 3. The number of aromatic nitrogens is 6. The highest BCUT2D eigenvalue weighted by Crippen LogP contribution is 2.39. The SMILES string of the molecule is Cc1cc(Nc2nccc(C(F)(F)F)n2)cc(-c2cnc([C@@]3(O)CCCN(C(=O)c4ncn[nH]4)CC3)s2)c1. The van der Waals surface area contributed by atoms with E-state index in [0.717, 1.165) is 28.3 Å². The van der Waals surface area contributed by atoms with Crippen LogP contribution >= 0.6 is 11.3 Å². The Balaban J connectivity index is 1.34. The van der Waals surface area contributed by atoms with E-state index in [-0.39, 0.29) is 17.7 Å². The number of hydrogen-bond acceptors (Lipinski definition) is 9. The molecular formula is C24H23F3N8O2S. The maximum Gasteiger partial charge on any atom is 0.433 e. The molecule has 14 heteroatoms. The predicted octanol–water partition coefficient (Wildman–Crippen LogP) is 4.30. The van der Waals surface area contributed by atoms with E-state index in [1.165, 1.54) is 17.7 Å². The molecule has 3 N–H and O–H groups in total. The first-order valence-corrected chi connectivity index (χ1v) is 12.5. The summed E-state index contributed by atoms with van der Waals surface area (Å²) in [6.45, 7) is 2.67. The van der Waals surface area contributed by atoms with Gasteiger partial charge >= 0.3 is 6.18 Å². The highest BCUT2D eigenvalue weighted by Gasteiger charge is 2.36. The lowest BCUT2D eigenvalue weighted by Gasteiger charge is -2.24. The van der Waals surface area contributed by atoms with Gasteiger partial charge in [0.05, 0.1) is 4.88 Å². The van der Waals surface area contributed by atoms with Crippen LogP contribution in [0.2, 0.25) is 0 Å². The molecule has 1 saturated heterocycles. The second-order valence-corrected chi connectivity index (χ2v) is 10.0. The monoisotopic (exact) mass is 544 g/mol. The van der Waals surface area contributed by atoms with Crippen molar-refractivity contribution in [3.05, 3.63) is 65.1 Å². The number of aliphatic hydroxyl groups is 1. The summed E-state index contributed by atoms with van der Waals surface area (Å²) in [6.07, 6.45) is 0.755. The molecule has 1 aliphatic heterocycles. The van der Waals surface area contributed by atoms with Gasteiger partial charge in [-0.05, 0) is 49.1 Å². The fraction of sp³-hybridized carbons (Fsp3) is 0.333. The molecule has 0 radical (unpaired) electrons. The van der Waals surface area contributed by atoms with Gasteiger partial charge in [-0.2, -0.15) is 18.3 Å². The maximum absolute atomic E-state index is 13.0. The van der Waals surface area contributed by atoms with E-state index in [0.29, 0.717) is 43.0 Å². The van der Waals surface area contributed by atoms with E-state index in [4.69, 9.17) is 0 Å². The minimum absolute atomic E-state index is 0.159. The molecule has 38 heavy (non-hydrogen) atoms. The number of rotatable bonds is 5. The third-order valence-electron chi connectivity index (χ3n) is 6.19. The van der Waals surface area contributed by atoms with Crippen LogP contribution < -0.4 is 5.32 Å². The number of aryl methyl sites for hydroxylation is 1. The number of nitrogens with one attached hydrogen (secondary N) is 2. The Morgan fingerprint density at radius 1 is 1.18 bits per heavy atom. The Hall–Kier alpha value is -3.91. The Bertz CT molecular complexity index is 1440. The molecule has 10 nitrogen and oxygen atoms in total. The number of aromatic amines is 1. The number of hydrogen-bond donors (Lipinski definition) is 3. The van der Waals surface area contributed by atoms with E-state index in [1.807, 2.05) is 13.0 Å². The first-order valence-electron chi connectivity index (χ1n) is 11.7. The number of likely N-dealkylation sites (tertiary alicyclic amines) is 1. The second-order valence-electron chi connectivity index (χ2n) is 9.02. The third kappa shape index (κ3) is 5.50. The molecule has 1 amide bonds. The number of anilines is 2. The average Bonchev–Trinajstić information content (AvgIpc) is 3.55. The zero-order valence-corrected chi connectivity index (χ0v) is 21.0. The summed E-state index contributed by atoms with van der Waals surface area (Å²) in [5, 5.41) is 21.1. The summed E-state index contributed by atoms with van der Waals surface area (Å²) >= 11 is 1.34. The van der Waals surface area contributed by atoms with Gasteiger partial charge in [-0.3, -0.25) is 9.89 Å². The first-order chi connectivity index (χ1) is 18.1. The molecule has 1 aromatic carbocycles. The van der Waals surface area contributed by atoms with Gasteiger partial charge in [0, 0.05) is 37.6 Å². The van der Waals surface area contributed by atoms with Crippen LogP contribution in [0, 0.1) is 6.92 Å². The second kappa shape index (κ2) is 10.1. The smallest absolute Gasteiger partial charge is 0.383 e. The van der Waals surface area contributed by atoms with Crippen molar-refractivity contribution in [2.24, 2.45) is 0 Å². The molecular weight excluding hydrogens is 521 g/mol. The number of H-pyrrole nitrogens is 1. The van der Waals surface area contributed by atoms with Crippen LogP contribution in [0.25, 0.3) is 10.4 Å². The van der Waals surface area contributed by atoms with Gasteiger partial charge in [0.1, 0.15) is 22.6 Å². The number of amides is 1. The largest absolute Gasteiger partial charge is 0.433 e. The fourth-order valence-electron chi connectivity index (χ4n) is 4.32.